The predicted molar refractivity (Wildman–Crippen MR) is 167 cm³/mol. The molecule has 0 radical (unpaired) electrons. The Morgan fingerprint density at radius 2 is 1.84 bits per heavy atom. The molecule has 2 heterocycles. The topological polar surface area (TPSA) is 161 Å². The minimum Gasteiger partial charge on any atom is -0.507 e. The molecule has 244 valence electrons. The summed E-state index contributed by atoms with van der Waals surface area (Å²) in [5.41, 5.74) is -0.399. The molecule has 9 heteroatoms. The van der Waals surface area contributed by atoms with Crippen LogP contribution in [0.4, 0.5) is 0 Å². The summed E-state index contributed by atoms with van der Waals surface area (Å²) in [6.45, 7) is 11.3. The van der Waals surface area contributed by atoms with Gasteiger partial charge in [0.25, 0.3) is 0 Å². The number of allylic oxidation sites excluding steroid dienone is 3. The number of hydrogen-bond donors (Lipinski definition) is 6. The summed E-state index contributed by atoms with van der Waals surface area (Å²) in [6.07, 6.45) is 8.44. The second-order valence-corrected chi connectivity index (χ2v) is 12.8. The third-order valence-electron chi connectivity index (χ3n) is 8.33. The second kappa shape index (κ2) is 17.3. The van der Waals surface area contributed by atoms with Crippen molar-refractivity contribution in [1.29, 1.82) is 0 Å². The van der Waals surface area contributed by atoms with Gasteiger partial charge >= 0.3 is 5.63 Å². The molecule has 1 saturated heterocycles. The standard InChI is InChI=1S/C34H54O9/c1-7-8-9-10-11-21(2)14-23(4)16-24(19-35)15-22(3)12-13-28(39)34(5,6)29-18-26(37)30(33(41)43-29)32-31(40)27(38)17-25(20-36)42-32/h12-13,15-16,18,21,24-25,27-28,31-32,35-40H,7-11,14,17,19-20H2,1-6H3/t21-,24-,25-,27-,28+,31+,32+/m1/s1. The van der Waals surface area contributed by atoms with Gasteiger partial charge in [-0.25, -0.2) is 4.79 Å². The van der Waals surface area contributed by atoms with Crippen molar-refractivity contribution in [2.24, 2.45) is 11.8 Å². The van der Waals surface area contributed by atoms with Crippen LogP contribution in [0.5, 0.6) is 5.75 Å². The Morgan fingerprint density at radius 3 is 2.44 bits per heavy atom. The summed E-state index contributed by atoms with van der Waals surface area (Å²) in [6, 6.07) is 1.20. The highest BCUT2D eigenvalue weighted by atomic mass is 16.5. The van der Waals surface area contributed by atoms with Crippen LogP contribution in [-0.2, 0) is 10.2 Å². The van der Waals surface area contributed by atoms with Gasteiger partial charge in [0, 0.05) is 18.4 Å². The maximum Gasteiger partial charge on any atom is 0.345 e. The number of unbranched alkanes of at least 4 members (excludes halogenated alkanes) is 3. The van der Waals surface area contributed by atoms with Crippen LogP contribution >= 0.6 is 0 Å². The Kier molecular flexibility index (Phi) is 14.8. The van der Waals surface area contributed by atoms with Gasteiger partial charge in [-0.1, -0.05) is 81.4 Å². The van der Waals surface area contributed by atoms with E-state index in [9.17, 15) is 35.4 Å². The quantitative estimate of drug-likeness (QED) is 0.0899. The van der Waals surface area contributed by atoms with Gasteiger partial charge in [-0.2, -0.15) is 0 Å². The van der Waals surface area contributed by atoms with E-state index in [0.29, 0.717) is 5.92 Å². The Morgan fingerprint density at radius 1 is 1.14 bits per heavy atom. The highest BCUT2D eigenvalue weighted by Crippen LogP contribution is 2.37. The molecule has 1 fully saturated rings. The number of ether oxygens (including phenoxy) is 1. The van der Waals surface area contributed by atoms with Crippen molar-refractivity contribution in [1.82, 2.24) is 0 Å². The summed E-state index contributed by atoms with van der Waals surface area (Å²) in [5.74, 6) is -0.0686. The van der Waals surface area contributed by atoms with E-state index in [1.807, 2.05) is 13.0 Å². The fraction of sp³-hybridized carbons (Fsp3) is 0.676. The summed E-state index contributed by atoms with van der Waals surface area (Å²) in [7, 11) is 0. The number of hydrogen-bond acceptors (Lipinski definition) is 9. The third-order valence-corrected chi connectivity index (χ3v) is 8.33. The molecular weight excluding hydrogens is 552 g/mol. The highest BCUT2D eigenvalue weighted by molar-refractivity contribution is 5.36. The van der Waals surface area contributed by atoms with Gasteiger partial charge in [-0.05, 0) is 40.0 Å². The van der Waals surface area contributed by atoms with E-state index >= 15 is 0 Å². The molecule has 9 nitrogen and oxygen atoms in total. The first kappa shape index (κ1) is 36.9. The van der Waals surface area contributed by atoms with E-state index in [2.05, 4.69) is 26.8 Å². The van der Waals surface area contributed by atoms with E-state index in [-0.39, 0.29) is 30.3 Å². The first-order chi connectivity index (χ1) is 20.2. The second-order valence-electron chi connectivity index (χ2n) is 12.8. The smallest absolute Gasteiger partial charge is 0.345 e. The van der Waals surface area contributed by atoms with Gasteiger partial charge in [-0.3, -0.25) is 0 Å². The number of aromatic hydroxyl groups is 1. The Hall–Kier alpha value is -2.27. The monoisotopic (exact) mass is 606 g/mol. The fourth-order valence-electron chi connectivity index (χ4n) is 5.56. The average Bonchev–Trinajstić information content (AvgIpc) is 2.95. The molecule has 0 saturated carbocycles. The van der Waals surface area contributed by atoms with Crippen LogP contribution in [0, 0.1) is 11.8 Å². The first-order valence-corrected chi connectivity index (χ1v) is 15.6. The first-order valence-electron chi connectivity index (χ1n) is 15.6. The van der Waals surface area contributed by atoms with Crippen molar-refractivity contribution < 1.29 is 39.8 Å². The van der Waals surface area contributed by atoms with Crippen molar-refractivity contribution >= 4 is 0 Å². The van der Waals surface area contributed by atoms with Gasteiger partial charge < -0.3 is 39.8 Å². The fourth-order valence-corrected chi connectivity index (χ4v) is 5.56. The molecule has 0 bridgehead atoms. The van der Waals surface area contributed by atoms with Gasteiger partial charge in [0.2, 0.25) is 0 Å². The summed E-state index contributed by atoms with van der Waals surface area (Å²) in [5, 5.41) is 61.7. The molecule has 0 unspecified atom stereocenters. The molecule has 6 N–H and O–H groups in total. The number of aliphatic hydroxyl groups is 5. The summed E-state index contributed by atoms with van der Waals surface area (Å²) in [4.78, 5) is 12.9. The normalized spacial score (nSPS) is 24.3. The molecule has 1 aromatic rings. The van der Waals surface area contributed by atoms with Crippen LogP contribution in [0.2, 0.25) is 0 Å². The SMILES string of the molecule is CCCCCC[C@@H](C)CC(C)=C[C@@H](C=C(C)C=C[C@H](O)C(C)(C)c1cc(O)c([C@@H]2O[C@@H](CO)C[C@@H](O)[C@@H]2O)c(=O)o1)CO. The lowest BCUT2D eigenvalue weighted by atomic mass is 9.82. The molecule has 2 rings (SSSR count). The molecule has 0 spiro atoms. The molecule has 43 heavy (non-hydrogen) atoms. The molecular formula is C34H54O9. The maximum atomic E-state index is 12.9. The zero-order valence-corrected chi connectivity index (χ0v) is 26.7. The molecule has 7 atom stereocenters. The lowest BCUT2D eigenvalue weighted by molar-refractivity contribution is -0.180. The van der Waals surface area contributed by atoms with E-state index in [1.165, 1.54) is 43.7 Å². The minimum absolute atomic E-state index is 0.0118. The van der Waals surface area contributed by atoms with Crippen LogP contribution in [0.15, 0.2) is 50.7 Å². The number of rotatable bonds is 16. The Labute approximate surface area is 256 Å². The lowest BCUT2D eigenvalue weighted by Gasteiger charge is -2.36. The van der Waals surface area contributed by atoms with Crippen molar-refractivity contribution in [3.8, 4) is 5.75 Å². The predicted octanol–water partition coefficient (Wildman–Crippen LogP) is 4.58. The molecule has 0 aliphatic carbocycles. The van der Waals surface area contributed by atoms with Crippen LogP contribution < -0.4 is 5.63 Å². The van der Waals surface area contributed by atoms with Gasteiger partial charge in [-0.15, -0.1) is 0 Å². The molecule has 1 aliphatic heterocycles. The van der Waals surface area contributed by atoms with E-state index in [0.717, 1.165) is 12.0 Å². The zero-order valence-electron chi connectivity index (χ0n) is 26.7. The van der Waals surface area contributed by atoms with Crippen LogP contribution in [0.25, 0.3) is 0 Å². The van der Waals surface area contributed by atoms with Gasteiger partial charge in [0.15, 0.2) is 0 Å². The van der Waals surface area contributed by atoms with Crippen LogP contribution in [0.3, 0.4) is 0 Å². The summed E-state index contributed by atoms with van der Waals surface area (Å²) >= 11 is 0. The Bertz CT molecular complexity index is 1150. The van der Waals surface area contributed by atoms with E-state index in [4.69, 9.17) is 9.15 Å². The maximum absolute atomic E-state index is 12.9. The van der Waals surface area contributed by atoms with Crippen molar-refractivity contribution in [2.75, 3.05) is 13.2 Å². The average molecular weight is 607 g/mol. The molecule has 0 amide bonds. The van der Waals surface area contributed by atoms with Gasteiger partial charge in [0.1, 0.15) is 29.3 Å². The molecule has 1 aliphatic rings. The van der Waals surface area contributed by atoms with E-state index in [1.54, 1.807) is 26.0 Å². The van der Waals surface area contributed by atoms with Crippen molar-refractivity contribution in [3.63, 3.8) is 0 Å². The van der Waals surface area contributed by atoms with Crippen LogP contribution in [0.1, 0.15) is 104 Å². The highest BCUT2D eigenvalue weighted by Gasteiger charge is 2.41. The molecule has 1 aromatic heterocycles. The molecule has 0 aromatic carbocycles. The van der Waals surface area contributed by atoms with Crippen molar-refractivity contribution in [3.05, 3.63) is 63.3 Å². The third kappa shape index (κ3) is 10.7. The number of aliphatic hydroxyl groups excluding tert-OH is 5. The van der Waals surface area contributed by atoms with E-state index < -0.39 is 53.9 Å². The van der Waals surface area contributed by atoms with Gasteiger partial charge in [0.05, 0.1) is 36.9 Å². The zero-order chi connectivity index (χ0) is 32.3. The Balaban J connectivity index is 2.14. The largest absolute Gasteiger partial charge is 0.507 e. The van der Waals surface area contributed by atoms with Crippen molar-refractivity contribution in [2.45, 2.75) is 122 Å². The lowest BCUT2D eigenvalue weighted by Crippen LogP contribution is -2.46. The van der Waals surface area contributed by atoms with Crippen LogP contribution in [-0.4, -0.2) is 68.3 Å². The minimum atomic E-state index is -1.50. The summed E-state index contributed by atoms with van der Waals surface area (Å²) < 4.78 is 11.0.